The van der Waals surface area contributed by atoms with Crippen molar-refractivity contribution >= 4 is 70.1 Å². The first-order chi connectivity index (χ1) is 3.25. The molecule has 0 aromatic carbocycles. The minimum atomic E-state index is -5.32. The third kappa shape index (κ3) is 4.95. The average molecular weight is 204 g/mol. The van der Waals surface area contributed by atoms with Crippen LogP contribution in [0.5, 0.6) is 0 Å². The summed E-state index contributed by atoms with van der Waals surface area (Å²) in [6.07, 6.45) is 0. The van der Waals surface area contributed by atoms with Crippen LogP contribution in [-0.2, 0) is 18.7 Å². The normalized spacial score (nSPS) is 14.1. The Hall–Kier alpha value is 1.62. The van der Waals surface area contributed by atoms with Gasteiger partial charge < -0.3 is 0 Å². The number of hydrogen-bond donors (Lipinski definition) is 4. The van der Waals surface area contributed by atoms with E-state index in [1.807, 2.05) is 0 Å². The molecule has 9 heavy (non-hydrogen) atoms. The van der Waals surface area contributed by atoms with E-state index in [0.717, 1.165) is 0 Å². The molecule has 0 saturated heterocycles. The Kier molecular flexibility index (Phi) is 5.66. The van der Waals surface area contributed by atoms with Crippen molar-refractivity contribution in [3.63, 3.8) is 0 Å². The Morgan fingerprint density at radius 3 is 1.33 bits per heavy atom. The molecule has 0 rings (SSSR count). The molecule has 6 nitrogen and oxygen atoms in total. The third-order valence-electron chi connectivity index (χ3n) is 0.301. The summed E-state index contributed by atoms with van der Waals surface area (Å²) in [5.74, 6) is 0. The Morgan fingerprint density at radius 2 is 1.33 bits per heavy atom. The van der Waals surface area contributed by atoms with Gasteiger partial charge in [0.1, 0.15) is 0 Å². The second kappa shape index (κ2) is 3.85. The quantitative estimate of drug-likeness (QED) is 0.172. The molecule has 54 valence electrons. The van der Waals surface area contributed by atoms with Crippen LogP contribution >= 0.6 is 0 Å². The maximum absolute atomic E-state index is 9.51. The Balaban J connectivity index is 0. The van der Waals surface area contributed by atoms with E-state index in [0.29, 0.717) is 0 Å². The van der Waals surface area contributed by atoms with Crippen molar-refractivity contribution in [3.8, 4) is 0 Å². The molecule has 0 heterocycles. The van der Waals surface area contributed by atoms with E-state index in [2.05, 4.69) is 0 Å². The summed E-state index contributed by atoms with van der Waals surface area (Å²) in [6, 6.07) is 0. The van der Waals surface area contributed by atoms with Crippen LogP contribution < -0.4 is 0 Å². The Bertz CT molecular complexity index is 205. The zero-order valence-electron chi connectivity index (χ0n) is 3.42. The molecule has 0 saturated carbocycles. The van der Waals surface area contributed by atoms with Crippen LogP contribution in [0.4, 0.5) is 0 Å². The van der Waals surface area contributed by atoms with E-state index in [4.69, 9.17) is 13.7 Å². The molecule has 0 aliphatic rings. The van der Waals surface area contributed by atoms with E-state index in [-0.39, 0.29) is 51.4 Å². The summed E-state index contributed by atoms with van der Waals surface area (Å²) < 4.78 is 51.2. The summed E-state index contributed by atoms with van der Waals surface area (Å²) in [4.78, 5) is 0. The molecular formula is H5KO6S2. The molecule has 0 atom stereocenters. The van der Waals surface area contributed by atoms with Gasteiger partial charge in [0.2, 0.25) is 0 Å². The molecule has 0 radical (unpaired) electrons. The molecule has 0 aliphatic carbocycles. The van der Waals surface area contributed by atoms with Crippen molar-refractivity contribution in [2.24, 2.45) is 0 Å². The van der Waals surface area contributed by atoms with Gasteiger partial charge in [0.15, 0.2) is 9.53 Å². The van der Waals surface area contributed by atoms with Gasteiger partial charge in [-0.05, 0) is 0 Å². The average Bonchev–Trinajstić information content (AvgIpc) is 1.25. The summed E-state index contributed by atoms with van der Waals surface area (Å²) in [5, 5.41) is 0. The van der Waals surface area contributed by atoms with Gasteiger partial charge in [0.25, 0.3) is 0 Å². The van der Waals surface area contributed by atoms with Gasteiger partial charge in [0, 0.05) is 0 Å². The fraction of sp³-hybridized carbons (Fsp3) is 0. The van der Waals surface area contributed by atoms with Crippen molar-refractivity contribution in [3.05, 3.63) is 0 Å². The van der Waals surface area contributed by atoms with Crippen LogP contribution in [0.1, 0.15) is 0 Å². The molecule has 9 heteroatoms. The topological polar surface area (TPSA) is 112 Å². The van der Waals surface area contributed by atoms with Gasteiger partial charge in [0.05, 0.1) is 0 Å². The summed E-state index contributed by atoms with van der Waals surface area (Å²) in [5.41, 5.74) is 0. The monoisotopic (exact) mass is 204 g/mol. The SMILES string of the molecule is O=S(=O)(O)[SH](=O)(O)O.[KH]. The molecule has 0 bridgehead atoms. The summed E-state index contributed by atoms with van der Waals surface area (Å²) in [6.45, 7) is 0. The van der Waals surface area contributed by atoms with Crippen LogP contribution in [0, 0.1) is 0 Å². The van der Waals surface area contributed by atoms with E-state index < -0.39 is 18.7 Å². The second-order valence-electron chi connectivity index (χ2n) is 0.938. The Labute approximate surface area is 94.7 Å². The van der Waals surface area contributed by atoms with Crippen LogP contribution in [0.15, 0.2) is 0 Å². The standard InChI is InChI=1S/K.H4O6S2.H/c;1-7(2,3)8(4,5)6;/h;7H,(H2,1,2,3)(H,4,5,6);. The predicted octanol–water partition coefficient (Wildman–Crippen LogP) is -1.90. The molecule has 0 aliphatic heterocycles. The van der Waals surface area contributed by atoms with Crippen molar-refractivity contribution in [1.29, 1.82) is 0 Å². The molecule has 0 aromatic rings. The van der Waals surface area contributed by atoms with Crippen LogP contribution in [0.25, 0.3) is 0 Å². The first-order valence-electron chi connectivity index (χ1n) is 1.28. The number of hydrogen-bond acceptors (Lipinski definition) is 3. The minimum absolute atomic E-state index is 0. The van der Waals surface area contributed by atoms with E-state index in [1.54, 1.807) is 0 Å². The van der Waals surface area contributed by atoms with Crippen LogP contribution in [0.2, 0.25) is 0 Å². The molecule has 0 spiro atoms. The van der Waals surface area contributed by atoms with E-state index >= 15 is 0 Å². The molecule has 3 N–H and O–H groups in total. The van der Waals surface area contributed by atoms with Gasteiger partial charge >= 0.3 is 60.5 Å². The zero-order valence-corrected chi connectivity index (χ0v) is 5.13. The molecule has 0 unspecified atom stereocenters. The van der Waals surface area contributed by atoms with E-state index in [9.17, 15) is 12.6 Å². The second-order valence-corrected chi connectivity index (χ2v) is 5.63. The van der Waals surface area contributed by atoms with Crippen molar-refractivity contribution in [1.82, 2.24) is 0 Å². The molecular weight excluding hydrogens is 199 g/mol. The van der Waals surface area contributed by atoms with Gasteiger partial charge in [-0.2, -0.15) is 8.42 Å². The van der Waals surface area contributed by atoms with Crippen LogP contribution in [0.3, 0.4) is 0 Å². The fourth-order valence-corrected chi connectivity index (χ4v) is 0. The van der Waals surface area contributed by atoms with Crippen molar-refractivity contribution < 1.29 is 26.3 Å². The number of thiol groups is 1. The number of rotatable bonds is 1. The predicted molar refractivity (Wildman–Crippen MR) is 33.5 cm³/mol. The van der Waals surface area contributed by atoms with Gasteiger partial charge in [-0.3, -0.25) is 13.7 Å². The molecule has 0 aromatic heterocycles. The van der Waals surface area contributed by atoms with E-state index in [1.165, 1.54) is 0 Å². The van der Waals surface area contributed by atoms with Crippen molar-refractivity contribution in [2.75, 3.05) is 0 Å². The first kappa shape index (κ1) is 13.2. The molecule has 0 amide bonds. The van der Waals surface area contributed by atoms with Gasteiger partial charge in [-0.25, -0.2) is 4.21 Å². The third-order valence-corrected chi connectivity index (χ3v) is 2.70. The summed E-state index contributed by atoms with van der Waals surface area (Å²) in [7, 11) is -10.5. The van der Waals surface area contributed by atoms with Gasteiger partial charge in [-0.15, -0.1) is 0 Å². The zero-order chi connectivity index (χ0) is 7.00. The first-order valence-corrected chi connectivity index (χ1v) is 4.94. The summed E-state index contributed by atoms with van der Waals surface area (Å²) >= 11 is 0. The van der Waals surface area contributed by atoms with Crippen molar-refractivity contribution in [2.45, 2.75) is 0 Å². The van der Waals surface area contributed by atoms with Gasteiger partial charge in [-0.1, -0.05) is 0 Å². The maximum atomic E-state index is 9.51. The Morgan fingerprint density at radius 1 is 1.22 bits per heavy atom. The molecule has 0 fully saturated rings. The van der Waals surface area contributed by atoms with Crippen LogP contribution in [-0.4, -0.2) is 77.7 Å². The fourth-order valence-electron chi connectivity index (χ4n) is 0.